The first kappa shape index (κ1) is 16.4. The molecule has 23 heavy (non-hydrogen) atoms. The van der Waals surface area contributed by atoms with Crippen molar-refractivity contribution in [2.45, 2.75) is 32.2 Å². The molecular weight excluding hydrogens is 318 g/mol. The van der Waals surface area contributed by atoms with E-state index in [1.54, 1.807) is 4.68 Å². The maximum Gasteiger partial charge on any atom is 0.254 e. The first-order chi connectivity index (χ1) is 11.0. The highest BCUT2D eigenvalue weighted by Gasteiger charge is 2.31. The lowest BCUT2D eigenvalue weighted by Gasteiger charge is -2.22. The third kappa shape index (κ3) is 3.74. The zero-order valence-corrected chi connectivity index (χ0v) is 14.1. The van der Waals surface area contributed by atoms with Gasteiger partial charge in [-0.1, -0.05) is 0 Å². The summed E-state index contributed by atoms with van der Waals surface area (Å²) in [6, 6.07) is -0.159. The average molecular weight is 341 g/mol. The Morgan fingerprint density at radius 2 is 2.30 bits per heavy atom. The van der Waals surface area contributed by atoms with Gasteiger partial charge in [0.2, 0.25) is 0 Å². The first-order valence-corrected chi connectivity index (χ1v) is 9.89. The monoisotopic (exact) mass is 341 g/mol. The number of sulfone groups is 1. The van der Waals surface area contributed by atoms with Gasteiger partial charge >= 0.3 is 0 Å². The van der Waals surface area contributed by atoms with E-state index in [-0.39, 0.29) is 23.5 Å². The summed E-state index contributed by atoms with van der Waals surface area (Å²) in [4.78, 5) is 12.3. The molecule has 2 atom stereocenters. The van der Waals surface area contributed by atoms with Crippen molar-refractivity contribution in [3.8, 4) is 0 Å². The van der Waals surface area contributed by atoms with Gasteiger partial charge in [-0.3, -0.25) is 9.48 Å². The molecule has 1 aromatic rings. The molecule has 0 bridgehead atoms. The van der Waals surface area contributed by atoms with E-state index in [0.717, 1.165) is 25.1 Å². The molecule has 0 spiro atoms. The van der Waals surface area contributed by atoms with E-state index < -0.39 is 9.84 Å². The van der Waals surface area contributed by atoms with E-state index in [9.17, 15) is 13.2 Å². The lowest BCUT2D eigenvalue weighted by molar-refractivity contribution is 0.0536. The predicted molar refractivity (Wildman–Crippen MR) is 85.1 cm³/mol. The SMILES string of the molecule is Cc1c(C(=O)NC[C@@H]2CCCOC2)cnn1[C@@H]1CCS(=O)(=O)C1. The van der Waals surface area contributed by atoms with Crippen LogP contribution in [-0.4, -0.2) is 55.4 Å². The summed E-state index contributed by atoms with van der Waals surface area (Å²) < 4.78 is 30.3. The minimum absolute atomic E-state index is 0.107. The van der Waals surface area contributed by atoms with Crippen molar-refractivity contribution in [1.29, 1.82) is 0 Å². The highest BCUT2D eigenvalue weighted by atomic mass is 32.2. The molecule has 128 valence electrons. The maximum atomic E-state index is 12.3. The van der Waals surface area contributed by atoms with Crippen molar-refractivity contribution in [3.05, 3.63) is 17.5 Å². The van der Waals surface area contributed by atoms with Gasteiger partial charge in [-0.25, -0.2) is 8.42 Å². The number of rotatable bonds is 4. The molecule has 3 heterocycles. The van der Waals surface area contributed by atoms with E-state index in [2.05, 4.69) is 10.4 Å². The summed E-state index contributed by atoms with van der Waals surface area (Å²) in [6.07, 6.45) is 4.20. The van der Waals surface area contributed by atoms with Gasteiger partial charge in [0.05, 0.1) is 35.9 Å². The number of aromatic nitrogens is 2. The number of hydrogen-bond donors (Lipinski definition) is 1. The third-order valence-electron chi connectivity index (χ3n) is 4.65. The van der Waals surface area contributed by atoms with Gasteiger partial charge in [-0.15, -0.1) is 0 Å². The first-order valence-electron chi connectivity index (χ1n) is 8.07. The van der Waals surface area contributed by atoms with Crippen LogP contribution in [0.4, 0.5) is 0 Å². The van der Waals surface area contributed by atoms with Gasteiger partial charge in [-0.05, 0) is 32.1 Å². The second kappa shape index (κ2) is 6.60. The Balaban J connectivity index is 1.63. The van der Waals surface area contributed by atoms with Crippen molar-refractivity contribution >= 4 is 15.7 Å². The summed E-state index contributed by atoms with van der Waals surface area (Å²) in [6.45, 7) is 3.91. The zero-order chi connectivity index (χ0) is 16.4. The van der Waals surface area contributed by atoms with Gasteiger partial charge in [0.15, 0.2) is 9.84 Å². The Morgan fingerprint density at radius 3 is 2.96 bits per heavy atom. The molecule has 0 saturated carbocycles. The van der Waals surface area contributed by atoms with Crippen LogP contribution in [0.3, 0.4) is 0 Å². The van der Waals surface area contributed by atoms with Crippen molar-refractivity contribution in [1.82, 2.24) is 15.1 Å². The second-order valence-corrected chi connectivity index (χ2v) is 8.67. The number of carbonyl (C=O) groups is 1. The van der Waals surface area contributed by atoms with E-state index in [0.29, 0.717) is 31.1 Å². The smallest absolute Gasteiger partial charge is 0.254 e. The molecule has 2 aliphatic rings. The fraction of sp³-hybridized carbons (Fsp3) is 0.733. The van der Waals surface area contributed by atoms with Gasteiger partial charge in [0.25, 0.3) is 5.91 Å². The van der Waals surface area contributed by atoms with Crippen LogP contribution in [0.2, 0.25) is 0 Å². The number of hydrogen-bond acceptors (Lipinski definition) is 5. The van der Waals surface area contributed by atoms with Crippen molar-refractivity contribution in [2.24, 2.45) is 5.92 Å². The van der Waals surface area contributed by atoms with Crippen LogP contribution in [0.1, 0.15) is 41.4 Å². The fourth-order valence-electron chi connectivity index (χ4n) is 3.28. The number of nitrogens with zero attached hydrogens (tertiary/aromatic N) is 2. The maximum absolute atomic E-state index is 12.3. The van der Waals surface area contributed by atoms with Crippen LogP contribution in [-0.2, 0) is 14.6 Å². The van der Waals surface area contributed by atoms with E-state index in [1.165, 1.54) is 6.20 Å². The molecule has 0 aromatic carbocycles. The molecule has 7 nitrogen and oxygen atoms in total. The predicted octanol–water partition coefficient (Wildman–Crippen LogP) is 0.708. The summed E-state index contributed by atoms with van der Waals surface area (Å²) in [5, 5.41) is 7.18. The molecule has 0 aliphatic carbocycles. The van der Waals surface area contributed by atoms with Crippen LogP contribution < -0.4 is 5.32 Å². The highest BCUT2D eigenvalue weighted by Crippen LogP contribution is 2.25. The lowest BCUT2D eigenvalue weighted by atomic mass is 10.0. The number of ether oxygens (including phenoxy) is 1. The Hall–Kier alpha value is -1.41. The molecule has 0 unspecified atom stereocenters. The van der Waals surface area contributed by atoms with Crippen LogP contribution in [0.25, 0.3) is 0 Å². The summed E-state index contributed by atoms with van der Waals surface area (Å²) in [7, 11) is -2.97. The van der Waals surface area contributed by atoms with E-state index in [4.69, 9.17) is 4.74 Å². The largest absolute Gasteiger partial charge is 0.381 e. The van der Waals surface area contributed by atoms with Crippen molar-refractivity contribution < 1.29 is 17.9 Å². The Labute approximate surface area is 136 Å². The van der Waals surface area contributed by atoms with Gasteiger partial charge in [0, 0.05) is 18.8 Å². The van der Waals surface area contributed by atoms with Crippen LogP contribution in [0.5, 0.6) is 0 Å². The van der Waals surface area contributed by atoms with Crippen LogP contribution in [0.15, 0.2) is 6.20 Å². The standard InChI is InChI=1S/C15H23N3O4S/c1-11-14(15(19)16-7-12-3-2-5-22-9-12)8-17-18(11)13-4-6-23(20,21)10-13/h8,12-13H,2-7,9-10H2,1H3,(H,16,19)/t12-,13+/m0/s1. The quantitative estimate of drug-likeness (QED) is 0.871. The molecule has 1 amide bonds. The minimum atomic E-state index is -2.97. The molecule has 8 heteroatoms. The van der Waals surface area contributed by atoms with Gasteiger partial charge in [-0.2, -0.15) is 5.10 Å². The molecule has 2 saturated heterocycles. The van der Waals surface area contributed by atoms with Gasteiger partial charge < -0.3 is 10.1 Å². The Bertz CT molecular complexity index is 677. The molecule has 3 rings (SSSR count). The van der Waals surface area contributed by atoms with Crippen molar-refractivity contribution in [2.75, 3.05) is 31.3 Å². The molecule has 1 N–H and O–H groups in total. The topological polar surface area (TPSA) is 90.3 Å². The molecule has 2 fully saturated rings. The molecule has 1 aromatic heterocycles. The fourth-order valence-corrected chi connectivity index (χ4v) is 4.98. The average Bonchev–Trinajstić information content (AvgIpc) is 3.08. The number of amides is 1. The molecular formula is C15H23N3O4S. The second-order valence-electron chi connectivity index (χ2n) is 6.44. The summed E-state index contributed by atoms with van der Waals surface area (Å²) >= 11 is 0. The summed E-state index contributed by atoms with van der Waals surface area (Å²) in [5.41, 5.74) is 1.25. The molecule has 2 aliphatic heterocycles. The molecule has 0 radical (unpaired) electrons. The number of nitrogens with one attached hydrogen (secondary N) is 1. The Morgan fingerprint density at radius 1 is 1.48 bits per heavy atom. The van der Waals surface area contributed by atoms with E-state index >= 15 is 0 Å². The van der Waals surface area contributed by atoms with Crippen LogP contribution in [0, 0.1) is 12.8 Å². The van der Waals surface area contributed by atoms with Crippen LogP contribution >= 0.6 is 0 Å². The third-order valence-corrected chi connectivity index (χ3v) is 6.40. The van der Waals surface area contributed by atoms with Crippen molar-refractivity contribution in [3.63, 3.8) is 0 Å². The lowest BCUT2D eigenvalue weighted by Crippen LogP contribution is -2.33. The number of carbonyl (C=O) groups excluding carboxylic acids is 1. The van der Waals surface area contributed by atoms with E-state index in [1.807, 2.05) is 6.92 Å². The van der Waals surface area contributed by atoms with Gasteiger partial charge in [0.1, 0.15) is 0 Å². The normalized spacial score (nSPS) is 27.0. The summed E-state index contributed by atoms with van der Waals surface area (Å²) in [5.74, 6) is 0.513. The minimum Gasteiger partial charge on any atom is -0.381 e. The highest BCUT2D eigenvalue weighted by molar-refractivity contribution is 7.91. The zero-order valence-electron chi connectivity index (χ0n) is 13.3. The Kier molecular flexibility index (Phi) is 4.72.